The van der Waals surface area contributed by atoms with E-state index in [9.17, 15) is 63.6 Å². The summed E-state index contributed by atoms with van der Waals surface area (Å²) in [6.07, 6.45) is -13.7. The molecule has 4 aromatic heterocycles. The van der Waals surface area contributed by atoms with Crippen molar-refractivity contribution in [3.8, 4) is 0 Å². The van der Waals surface area contributed by atoms with Gasteiger partial charge in [0.15, 0.2) is 35.1 Å². The largest absolute Gasteiger partial charge is 0.790 e. The number of nitrogens with zero attached hydrogens (tertiary/aromatic N) is 7. The lowest BCUT2D eigenvalue weighted by atomic mass is 10.1. The van der Waals surface area contributed by atoms with E-state index in [-0.39, 0.29) is 40.5 Å². The van der Waals surface area contributed by atoms with Crippen LogP contribution in [0.4, 0.5) is 11.8 Å². The Morgan fingerprint density at radius 2 is 1.41 bits per heavy atom. The number of fused-ring (bicyclic) bond motifs is 2. The van der Waals surface area contributed by atoms with Crippen LogP contribution in [0.1, 0.15) is 18.9 Å². The molecule has 30 nitrogen and oxygen atoms in total. The van der Waals surface area contributed by atoms with Crippen LogP contribution in [-0.4, -0.2) is 139 Å². The third-order valence-corrected chi connectivity index (χ3v) is 12.0. The van der Waals surface area contributed by atoms with Crippen LogP contribution in [-0.2, 0) is 45.8 Å². The Morgan fingerprint density at radius 3 is 2.10 bits per heavy atom. The van der Waals surface area contributed by atoms with Gasteiger partial charge in [0.05, 0.1) is 46.4 Å². The fourth-order valence-corrected chi connectivity index (χ4v) is 8.54. The number of aromatic amines is 1. The summed E-state index contributed by atoms with van der Waals surface area (Å²) in [6, 6.07) is 0. The number of phosphoric ester groups is 3. The standard InChI is InChI=1S/C25H35N10O20P3/c26-19-13-20(28-5-27-19)35(7-29-13)24-18(40)16(38)11(54-24)4-51-58(47,48)55-57(45,46)50-3-10-15(37)17(39)23(53-10)33-25-31-21-14(22(41)32-25)30-6-34(21)12-1-8(36)9(52-12)2-49-56(42,43)44/h5-12,15-18,23-24,36-40H,1-4H2,(H,45,46)(H,47,48)(H2,26,27,28)(H2,42,43,44)(H2,31,32,33,41)/p-4/t8-,9+,10+,11+,12+,15+,16+,17+,18+,23?,24+/m0/s1. The maximum Gasteiger partial charge on any atom is 0.280 e. The second kappa shape index (κ2) is 16.2. The van der Waals surface area contributed by atoms with Crippen molar-refractivity contribution in [1.29, 1.82) is 0 Å². The normalized spacial score (nSPS) is 32.5. The zero-order valence-electron chi connectivity index (χ0n) is 28.8. The molecule has 0 saturated carbocycles. The van der Waals surface area contributed by atoms with E-state index < -0.39 is 116 Å². The maximum absolute atomic E-state index is 12.8. The predicted octanol–water partition coefficient (Wildman–Crippen LogP) is -6.50. The van der Waals surface area contributed by atoms with E-state index >= 15 is 0 Å². The number of nitrogen functional groups attached to an aromatic ring is 1. The number of aliphatic hydroxyl groups is 5. The van der Waals surface area contributed by atoms with Crippen molar-refractivity contribution in [2.45, 2.75) is 73.9 Å². The quantitative estimate of drug-likeness (QED) is 0.0515. The molecule has 0 radical (unpaired) electrons. The van der Waals surface area contributed by atoms with Crippen LogP contribution >= 0.6 is 23.5 Å². The van der Waals surface area contributed by atoms with E-state index in [1.54, 1.807) is 0 Å². The number of nitrogens with two attached hydrogens (primary N) is 1. The Morgan fingerprint density at radius 1 is 0.793 bits per heavy atom. The summed E-state index contributed by atoms with van der Waals surface area (Å²) in [4.78, 5) is 81.6. The molecule has 9 N–H and O–H groups in total. The number of anilines is 2. The van der Waals surface area contributed by atoms with Crippen molar-refractivity contribution in [2.24, 2.45) is 0 Å². The van der Waals surface area contributed by atoms with Gasteiger partial charge in [0.1, 0.15) is 60.8 Å². The minimum absolute atomic E-state index is 0.00600. The molecule has 3 aliphatic rings. The molecule has 33 heteroatoms. The lowest BCUT2D eigenvalue weighted by Crippen LogP contribution is -2.37. The highest BCUT2D eigenvalue weighted by Gasteiger charge is 2.46. The minimum Gasteiger partial charge on any atom is -0.790 e. The van der Waals surface area contributed by atoms with Gasteiger partial charge in [-0.25, -0.2) is 24.2 Å². The van der Waals surface area contributed by atoms with Crippen LogP contribution in [0.15, 0.2) is 23.8 Å². The number of rotatable bonds is 15. The molecule has 7 heterocycles. The first-order valence-corrected chi connectivity index (χ1v) is 20.9. The second-order valence-corrected chi connectivity index (χ2v) is 16.9. The van der Waals surface area contributed by atoms with Crippen LogP contribution in [0.5, 0.6) is 0 Å². The van der Waals surface area contributed by atoms with Crippen LogP contribution in [0.3, 0.4) is 0 Å². The fourth-order valence-electron chi connectivity index (χ4n) is 6.20. The molecule has 0 spiro atoms. The molecule has 3 aliphatic heterocycles. The van der Waals surface area contributed by atoms with Crippen molar-refractivity contribution in [2.75, 3.05) is 30.9 Å². The van der Waals surface area contributed by atoms with Crippen molar-refractivity contribution in [1.82, 2.24) is 39.0 Å². The zero-order chi connectivity index (χ0) is 41.9. The summed E-state index contributed by atoms with van der Waals surface area (Å²) < 4.78 is 72.0. The van der Waals surface area contributed by atoms with E-state index in [2.05, 4.69) is 53.1 Å². The van der Waals surface area contributed by atoms with E-state index in [1.165, 1.54) is 15.5 Å². The molecule has 3 unspecified atom stereocenters. The molecule has 0 aromatic carbocycles. The predicted molar refractivity (Wildman–Crippen MR) is 174 cm³/mol. The van der Waals surface area contributed by atoms with Crippen LogP contribution < -0.4 is 36.2 Å². The number of imidazole rings is 2. The van der Waals surface area contributed by atoms with Gasteiger partial charge in [0.2, 0.25) is 5.95 Å². The summed E-state index contributed by atoms with van der Waals surface area (Å²) in [7, 11) is -17.0. The van der Waals surface area contributed by atoms with E-state index in [1.807, 2.05) is 0 Å². The Kier molecular flexibility index (Phi) is 11.9. The average Bonchev–Trinajstić information content (AvgIpc) is 3.95. The molecule has 7 rings (SSSR count). The van der Waals surface area contributed by atoms with Gasteiger partial charge in [-0.1, -0.05) is 0 Å². The number of H-pyrrole nitrogens is 1. The van der Waals surface area contributed by atoms with Gasteiger partial charge in [-0.15, -0.1) is 0 Å². The SMILES string of the molecule is Nc1ncnc2c1ncn2[C@@H]1O[C@H](COP(=O)([O-])OP(=O)([O-])OC[C@H]2OC(Nc3nc4c(ncn4[C@H]4C[C@H](O)[C@@H](COP(=O)([O-])[O-])O4)c(=O)[nH]3)[C@H](O)[C@@H]2O)[C@@H](O)[C@H]1O. The first-order chi connectivity index (χ1) is 27.2. The molecule has 320 valence electrons. The monoisotopic (exact) mass is 884 g/mol. The number of aromatic nitrogens is 8. The third kappa shape index (κ3) is 9.00. The van der Waals surface area contributed by atoms with Crippen LogP contribution in [0.25, 0.3) is 22.3 Å². The van der Waals surface area contributed by atoms with Gasteiger partial charge >= 0.3 is 0 Å². The summed E-state index contributed by atoms with van der Waals surface area (Å²) in [5, 5.41) is 54.9. The van der Waals surface area contributed by atoms with Crippen molar-refractivity contribution in [3.63, 3.8) is 0 Å². The van der Waals surface area contributed by atoms with E-state index in [4.69, 9.17) is 19.9 Å². The Labute approximate surface area is 321 Å². The Hall–Kier alpha value is -3.45. The van der Waals surface area contributed by atoms with Gasteiger partial charge in [-0.3, -0.25) is 28.0 Å². The number of ether oxygens (including phenoxy) is 3. The first-order valence-electron chi connectivity index (χ1n) is 16.5. The average molecular weight is 884 g/mol. The topological polar surface area (TPSA) is 454 Å². The van der Waals surface area contributed by atoms with Gasteiger partial charge in [0, 0.05) is 6.42 Å². The van der Waals surface area contributed by atoms with Crippen molar-refractivity contribution < 1.29 is 90.9 Å². The maximum atomic E-state index is 12.8. The third-order valence-electron chi connectivity index (χ3n) is 8.98. The van der Waals surface area contributed by atoms with Gasteiger partial charge in [0.25, 0.3) is 21.2 Å². The number of hydrogen-bond acceptors (Lipinski definition) is 27. The van der Waals surface area contributed by atoms with Gasteiger partial charge < -0.3 is 88.5 Å². The summed E-state index contributed by atoms with van der Waals surface area (Å²) in [6.45, 7) is -2.96. The van der Waals surface area contributed by atoms with Crippen LogP contribution in [0, 0.1) is 0 Å². The Balaban J connectivity index is 0.930. The molecule has 4 aromatic rings. The smallest absolute Gasteiger partial charge is 0.280 e. The molecular formula is C25H31N10O20P3-4. The zero-order valence-corrected chi connectivity index (χ0v) is 31.5. The van der Waals surface area contributed by atoms with E-state index in [0.717, 1.165) is 12.7 Å². The molecule has 0 amide bonds. The van der Waals surface area contributed by atoms with Crippen molar-refractivity contribution >= 4 is 57.6 Å². The first kappa shape index (κ1) is 42.7. The Bertz CT molecular complexity index is 2340. The molecular weight excluding hydrogens is 853 g/mol. The summed E-state index contributed by atoms with van der Waals surface area (Å²) in [5.74, 6) is -0.380. The van der Waals surface area contributed by atoms with Gasteiger partial charge in [-0.2, -0.15) is 4.98 Å². The lowest BCUT2D eigenvalue weighted by molar-refractivity contribution is -0.343. The molecule has 13 atom stereocenters. The number of nitrogens with one attached hydrogen (secondary N) is 2. The minimum atomic E-state index is -5.82. The second-order valence-electron chi connectivity index (χ2n) is 12.8. The number of hydrogen-bond donors (Lipinski definition) is 8. The summed E-state index contributed by atoms with van der Waals surface area (Å²) >= 11 is 0. The highest BCUT2D eigenvalue weighted by Crippen LogP contribution is 2.56. The van der Waals surface area contributed by atoms with Crippen molar-refractivity contribution in [3.05, 3.63) is 29.3 Å². The fraction of sp³-hybridized carbons (Fsp3) is 0.600. The molecule has 0 aliphatic carbocycles. The molecule has 58 heavy (non-hydrogen) atoms. The van der Waals surface area contributed by atoms with Crippen LogP contribution in [0.2, 0.25) is 0 Å². The lowest BCUT2D eigenvalue weighted by Gasteiger charge is -2.32. The number of phosphoric acid groups is 3. The van der Waals surface area contributed by atoms with E-state index in [0.29, 0.717) is 0 Å². The highest BCUT2D eigenvalue weighted by atomic mass is 31.3. The summed E-state index contributed by atoms with van der Waals surface area (Å²) in [5.41, 5.74) is 4.80. The molecule has 3 saturated heterocycles. The number of aliphatic hydroxyl groups excluding tert-OH is 5. The highest BCUT2D eigenvalue weighted by molar-refractivity contribution is 7.59. The van der Waals surface area contributed by atoms with Gasteiger partial charge in [-0.05, 0) is 0 Å². The molecule has 0 bridgehead atoms. The molecule has 3 fully saturated rings.